The second-order valence-corrected chi connectivity index (χ2v) is 6.39. The zero-order valence-corrected chi connectivity index (χ0v) is 15.0. The van der Waals surface area contributed by atoms with Gasteiger partial charge in [0.2, 0.25) is 0 Å². The van der Waals surface area contributed by atoms with Gasteiger partial charge in [-0.05, 0) is 31.2 Å². The highest BCUT2D eigenvalue weighted by atomic mass is 32.1. The number of ether oxygens (including phenoxy) is 2. The normalized spacial score (nSPS) is 14.7. The van der Waals surface area contributed by atoms with Crippen molar-refractivity contribution < 1.29 is 23.9 Å². The number of urea groups is 1. The molecular formula is C17H17N3O5S. The van der Waals surface area contributed by atoms with Crippen LogP contribution < -0.4 is 10.1 Å². The number of carbonyl (C=O) groups is 3. The Bertz CT molecular complexity index is 833. The molecule has 0 bridgehead atoms. The van der Waals surface area contributed by atoms with E-state index >= 15 is 0 Å². The molecule has 0 saturated carbocycles. The standard InChI is InChI=1S/C17H17N3O5S/c1-10(15(21)20-8-7-18-17(20)23)25-16(22)13-9-26-14(19-13)11-3-5-12(24-2)6-4-11/h3-6,9-10H,7-8H2,1-2H3,(H,18,23)/t10-/m1/s1. The molecular weight excluding hydrogens is 358 g/mol. The zero-order valence-electron chi connectivity index (χ0n) is 14.2. The van der Waals surface area contributed by atoms with Crippen molar-refractivity contribution in [2.45, 2.75) is 13.0 Å². The van der Waals surface area contributed by atoms with Gasteiger partial charge in [0, 0.05) is 24.0 Å². The van der Waals surface area contributed by atoms with Crippen molar-refractivity contribution in [3.05, 3.63) is 35.3 Å². The SMILES string of the molecule is COc1ccc(-c2nc(C(=O)O[C@H](C)C(=O)N3CCNC3=O)cs2)cc1. The Labute approximate surface area is 153 Å². The summed E-state index contributed by atoms with van der Waals surface area (Å²) in [4.78, 5) is 41.2. The van der Waals surface area contributed by atoms with Crippen molar-refractivity contribution in [2.75, 3.05) is 20.2 Å². The number of rotatable bonds is 5. The molecule has 3 rings (SSSR count). The lowest BCUT2D eigenvalue weighted by Gasteiger charge is -2.17. The van der Waals surface area contributed by atoms with Gasteiger partial charge in [0.1, 0.15) is 10.8 Å². The third-order valence-corrected chi connectivity index (χ3v) is 4.70. The fraction of sp³-hybridized carbons (Fsp3) is 0.294. The summed E-state index contributed by atoms with van der Waals surface area (Å²) in [6.45, 7) is 2.09. The van der Waals surface area contributed by atoms with Crippen LogP contribution in [-0.2, 0) is 9.53 Å². The Hall–Kier alpha value is -2.94. The number of nitrogens with zero attached hydrogens (tertiary/aromatic N) is 2. The number of esters is 1. The topological polar surface area (TPSA) is 97.8 Å². The second-order valence-electron chi connectivity index (χ2n) is 5.54. The van der Waals surface area contributed by atoms with Crippen LogP contribution in [0, 0.1) is 0 Å². The molecule has 0 aliphatic carbocycles. The number of nitrogens with one attached hydrogen (secondary N) is 1. The van der Waals surface area contributed by atoms with Crippen LogP contribution in [0.5, 0.6) is 5.75 Å². The molecule has 0 spiro atoms. The highest BCUT2D eigenvalue weighted by molar-refractivity contribution is 7.13. The van der Waals surface area contributed by atoms with Gasteiger partial charge in [-0.2, -0.15) is 0 Å². The molecule has 1 N–H and O–H groups in total. The predicted octanol–water partition coefficient (Wildman–Crippen LogP) is 1.92. The van der Waals surface area contributed by atoms with Crippen molar-refractivity contribution in [1.29, 1.82) is 0 Å². The number of thiazole rings is 1. The summed E-state index contributed by atoms with van der Waals surface area (Å²) < 4.78 is 10.3. The molecule has 8 nitrogen and oxygen atoms in total. The first-order chi connectivity index (χ1) is 12.5. The maximum atomic E-state index is 12.2. The van der Waals surface area contributed by atoms with E-state index in [-0.39, 0.29) is 12.2 Å². The molecule has 136 valence electrons. The minimum atomic E-state index is -1.07. The number of imide groups is 1. The van der Waals surface area contributed by atoms with E-state index in [1.165, 1.54) is 18.3 Å². The summed E-state index contributed by atoms with van der Waals surface area (Å²) in [5.74, 6) is -0.538. The molecule has 0 radical (unpaired) electrons. The number of benzene rings is 1. The van der Waals surface area contributed by atoms with E-state index in [9.17, 15) is 14.4 Å². The smallest absolute Gasteiger partial charge is 0.358 e. The van der Waals surface area contributed by atoms with Gasteiger partial charge in [-0.15, -0.1) is 11.3 Å². The van der Waals surface area contributed by atoms with Crippen molar-refractivity contribution in [3.8, 4) is 16.3 Å². The Balaban J connectivity index is 1.65. The average Bonchev–Trinajstić information content (AvgIpc) is 3.30. The van der Waals surface area contributed by atoms with Crippen LogP contribution in [0.2, 0.25) is 0 Å². The predicted molar refractivity (Wildman–Crippen MR) is 94.1 cm³/mol. The quantitative estimate of drug-likeness (QED) is 0.802. The number of amides is 3. The molecule has 1 aromatic heterocycles. The van der Waals surface area contributed by atoms with Gasteiger partial charge in [0.25, 0.3) is 5.91 Å². The summed E-state index contributed by atoms with van der Waals surface area (Å²) >= 11 is 1.29. The Kier molecular flexibility index (Phi) is 5.17. The lowest BCUT2D eigenvalue weighted by Crippen LogP contribution is -2.41. The molecule has 2 heterocycles. The van der Waals surface area contributed by atoms with E-state index in [4.69, 9.17) is 9.47 Å². The van der Waals surface area contributed by atoms with Gasteiger partial charge >= 0.3 is 12.0 Å². The summed E-state index contributed by atoms with van der Waals surface area (Å²) in [5.41, 5.74) is 0.957. The molecule has 9 heteroatoms. The van der Waals surface area contributed by atoms with Crippen LogP contribution in [0.25, 0.3) is 10.6 Å². The van der Waals surface area contributed by atoms with Crippen LogP contribution in [0.15, 0.2) is 29.6 Å². The van der Waals surface area contributed by atoms with E-state index < -0.39 is 24.0 Å². The van der Waals surface area contributed by atoms with Crippen molar-refractivity contribution >= 4 is 29.2 Å². The van der Waals surface area contributed by atoms with Crippen LogP contribution in [0.4, 0.5) is 4.79 Å². The molecule has 1 aliphatic heterocycles. The summed E-state index contributed by atoms with van der Waals surface area (Å²) in [5, 5.41) is 4.75. The largest absolute Gasteiger partial charge is 0.497 e. The van der Waals surface area contributed by atoms with Gasteiger partial charge in [0.05, 0.1) is 7.11 Å². The third-order valence-electron chi connectivity index (χ3n) is 3.80. The van der Waals surface area contributed by atoms with Crippen LogP contribution in [-0.4, -0.2) is 54.1 Å². The summed E-state index contributed by atoms with van der Waals surface area (Å²) in [6.07, 6.45) is -1.07. The second kappa shape index (κ2) is 7.52. The first-order valence-electron chi connectivity index (χ1n) is 7.89. The van der Waals surface area contributed by atoms with Gasteiger partial charge in [-0.1, -0.05) is 0 Å². The minimum absolute atomic E-state index is 0.117. The maximum Gasteiger partial charge on any atom is 0.358 e. The summed E-state index contributed by atoms with van der Waals surface area (Å²) in [6, 6.07) is 6.80. The fourth-order valence-electron chi connectivity index (χ4n) is 2.41. The Morgan fingerprint density at radius 3 is 2.65 bits per heavy atom. The van der Waals surface area contributed by atoms with E-state index in [0.29, 0.717) is 11.6 Å². The molecule has 2 aromatic rings. The van der Waals surface area contributed by atoms with E-state index in [1.807, 2.05) is 12.1 Å². The summed E-state index contributed by atoms with van der Waals surface area (Å²) in [7, 11) is 1.58. The molecule has 1 atom stereocenters. The Morgan fingerprint density at radius 1 is 1.31 bits per heavy atom. The van der Waals surface area contributed by atoms with Crippen molar-refractivity contribution in [2.24, 2.45) is 0 Å². The van der Waals surface area contributed by atoms with Crippen LogP contribution >= 0.6 is 11.3 Å². The highest BCUT2D eigenvalue weighted by Crippen LogP contribution is 2.26. The van der Waals surface area contributed by atoms with Crippen LogP contribution in [0.1, 0.15) is 17.4 Å². The molecule has 1 saturated heterocycles. The Morgan fingerprint density at radius 2 is 2.04 bits per heavy atom. The van der Waals surface area contributed by atoms with Crippen LogP contribution in [0.3, 0.4) is 0 Å². The van der Waals surface area contributed by atoms with E-state index in [2.05, 4.69) is 10.3 Å². The highest BCUT2D eigenvalue weighted by Gasteiger charge is 2.32. The first-order valence-corrected chi connectivity index (χ1v) is 8.77. The first kappa shape index (κ1) is 17.9. The van der Waals surface area contributed by atoms with Crippen molar-refractivity contribution in [1.82, 2.24) is 15.2 Å². The number of aromatic nitrogens is 1. The molecule has 1 aliphatic rings. The third kappa shape index (κ3) is 3.67. The average molecular weight is 375 g/mol. The maximum absolute atomic E-state index is 12.2. The molecule has 3 amide bonds. The number of methoxy groups -OCH3 is 1. The fourth-order valence-corrected chi connectivity index (χ4v) is 3.20. The monoisotopic (exact) mass is 375 g/mol. The molecule has 1 aromatic carbocycles. The number of hydrogen-bond acceptors (Lipinski definition) is 7. The number of hydrogen-bond donors (Lipinski definition) is 1. The van der Waals surface area contributed by atoms with E-state index in [1.54, 1.807) is 24.6 Å². The lowest BCUT2D eigenvalue weighted by molar-refractivity contribution is -0.136. The molecule has 1 fully saturated rings. The van der Waals surface area contributed by atoms with E-state index in [0.717, 1.165) is 16.2 Å². The van der Waals surface area contributed by atoms with Gasteiger partial charge in [-0.3, -0.25) is 9.69 Å². The minimum Gasteiger partial charge on any atom is -0.497 e. The van der Waals surface area contributed by atoms with Crippen molar-refractivity contribution in [3.63, 3.8) is 0 Å². The van der Waals surface area contributed by atoms with Gasteiger partial charge < -0.3 is 14.8 Å². The lowest BCUT2D eigenvalue weighted by atomic mass is 10.2. The zero-order chi connectivity index (χ0) is 18.7. The number of carbonyl (C=O) groups excluding carboxylic acids is 3. The molecule has 0 unspecified atom stereocenters. The molecule has 26 heavy (non-hydrogen) atoms. The van der Waals surface area contributed by atoms with Gasteiger partial charge in [-0.25, -0.2) is 14.6 Å². The van der Waals surface area contributed by atoms with Gasteiger partial charge in [0.15, 0.2) is 11.8 Å².